The number of carbonyl (C=O) groups is 3. The van der Waals surface area contributed by atoms with Gasteiger partial charge in [0.15, 0.2) is 6.29 Å². The van der Waals surface area contributed by atoms with Gasteiger partial charge >= 0.3 is 6.09 Å². The standard InChI is InChI=1S/C43H40N2O7S/c46-26-29-17-19-32(20-18-29)39-23-36(28-53-37-15-5-2-6-16-37)51-42(52-39)35-14-8-13-34(22-35)33-12-7-11-31(21-33)25-45-40(47)24-38(41(45)48)44-43(49)50-27-30-9-3-1-4-10-30/h1-22,36,38-39,42,46H,23-28H2,(H,44,49)/t36-,38?,39+,42+/m0/s1. The maximum Gasteiger partial charge on any atom is 0.408 e. The van der Waals surface area contributed by atoms with Crippen molar-refractivity contribution in [2.75, 3.05) is 5.75 Å². The zero-order chi connectivity index (χ0) is 36.6. The SMILES string of the molecule is O=C(NC1CC(=O)N(Cc2cccc(-c3cccc([C@@H]4O[C@H](CSc5ccccc5)C[C@H](c5ccc(CO)cc5)O4)c3)c2)C1=O)OCc1ccccc1. The molecule has 2 N–H and O–H groups in total. The van der Waals surface area contributed by atoms with E-state index in [1.807, 2.05) is 115 Å². The molecule has 0 spiro atoms. The first kappa shape index (κ1) is 36.1. The van der Waals surface area contributed by atoms with E-state index < -0.39 is 24.3 Å². The van der Waals surface area contributed by atoms with Gasteiger partial charge in [0.25, 0.3) is 5.91 Å². The van der Waals surface area contributed by atoms with Crippen molar-refractivity contribution in [1.82, 2.24) is 10.2 Å². The quantitative estimate of drug-likeness (QED) is 0.0992. The number of alkyl carbamates (subject to hydrolysis) is 1. The Hall–Kier alpha value is -5.26. The minimum absolute atomic E-state index is 0.0176. The number of carbonyl (C=O) groups excluding carboxylic acids is 3. The van der Waals surface area contributed by atoms with Crippen molar-refractivity contribution in [1.29, 1.82) is 0 Å². The van der Waals surface area contributed by atoms with E-state index in [1.165, 1.54) is 9.80 Å². The van der Waals surface area contributed by atoms with Crippen LogP contribution in [0.15, 0.2) is 138 Å². The summed E-state index contributed by atoms with van der Waals surface area (Å²) in [6.45, 7) is 0.122. The first-order chi connectivity index (χ1) is 25.9. The van der Waals surface area contributed by atoms with Gasteiger partial charge in [-0.1, -0.05) is 109 Å². The van der Waals surface area contributed by atoms with Crippen LogP contribution in [0.5, 0.6) is 0 Å². The molecular weight excluding hydrogens is 689 g/mol. The second-order valence-electron chi connectivity index (χ2n) is 13.1. The normalized spacial score (nSPS) is 20.0. The average molecular weight is 729 g/mol. The number of nitrogens with one attached hydrogen (secondary N) is 1. The van der Waals surface area contributed by atoms with Crippen LogP contribution in [0.1, 0.15) is 53.1 Å². The minimum Gasteiger partial charge on any atom is -0.445 e. The summed E-state index contributed by atoms with van der Waals surface area (Å²) in [5.74, 6) is -0.0650. The first-order valence-corrected chi connectivity index (χ1v) is 18.6. The second-order valence-corrected chi connectivity index (χ2v) is 14.2. The number of amides is 3. The number of nitrogens with zero attached hydrogens (tertiary/aromatic N) is 1. The molecule has 2 aliphatic rings. The molecule has 0 saturated carbocycles. The molecule has 7 rings (SSSR count). The summed E-state index contributed by atoms with van der Waals surface area (Å²) in [6.07, 6.45) is -1.07. The van der Waals surface area contributed by atoms with Crippen molar-refractivity contribution in [2.24, 2.45) is 0 Å². The topological polar surface area (TPSA) is 114 Å². The van der Waals surface area contributed by atoms with Gasteiger partial charge in [-0.25, -0.2) is 4.79 Å². The molecule has 3 amide bonds. The number of hydrogen-bond acceptors (Lipinski definition) is 8. The minimum atomic E-state index is -0.979. The summed E-state index contributed by atoms with van der Waals surface area (Å²) >= 11 is 1.75. The molecule has 53 heavy (non-hydrogen) atoms. The fraction of sp³-hybridized carbons (Fsp3) is 0.233. The fourth-order valence-electron chi connectivity index (χ4n) is 6.49. The van der Waals surface area contributed by atoms with Gasteiger partial charge in [0.1, 0.15) is 12.6 Å². The van der Waals surface area contributed by atoms with Crippen LogP contribution in [-0.4, -0.2) is 45.8 Å². The first-order valence-electron chi connectivity index (χ1n) is 17.6. The molecule has 2 aliphatic heterocycles. The van der Waals surface area contributed by atoms with Crippen LogP contribution in [0.25, 0.3) is 11.1 Å². The fourth-order valence-corrected chi connectivity index (χ4v) is 7.44. The van der Waals surface area contributed by atoms with Gasteiger partial charge in [0, 0.05) is 22.6 Å². The van der Waals surface area contributed by atoms with E-state index in [0.717, 1.165) is 44.7 Å². The van der Waals surface area contributed by atoms with Crippen LogP contribution >= 0.6 is 11.8 Å². The monoisotopic (exact) mass is 728 g/mol. The van der Waals surface area contributed by atoms with Gasteiger partial charge in [-0.05, 0) is 57.6 Å². The maximum absolute atomic E-state index is 13.2. The van der Waals surface area contributed by atoms with Gasteiger partial charge in [0.05, 0.1) is 31.8 Å². The number of ether oxygens (including phenoxy) is 3. The molecule has 9 nitrogen and oxygen atoms in total. The molecule has 2 heterocycles. The molecule has 5 aromatic carbocycles. The molecule has 270 valence electrons. The molecule has 0 radical (unpaired) electrons. The Morgan fingerprint density at radius 1 is 0.774 bits per heavy atom. The second kappa shape index (κ2) is 17.0. The third kappa shape index (κ3) is 9.22. The van der Waals surface area contributed by atoms with Gasteiger partial charge in [0.2, 0.25) is 5.91 Å². The van der Waals surface area contributed by atoms with Crippen molar-refractivity contribution in [3.05, 3.63) is 161 Å². The molecule has 1 unspecified atom stereocenters. The van der Waals surface area contributed by atoms with E-state index in [9.17, 15) is 19.5 Å². The zero-order valence-electron chi connectivity index (χ0n) is 29.0. The van der Waals surface area contributed by atoms with Crippen molar-refractivity contribution in [2.45, 2.75) is 62.0 Å². The summed E-state index contributed by atoms with van der Waals surface area (Å²) in [5.41, 5.74) is 6.18. The van der Waals surface area contributed by atoms with Crippen molar-refractivity contribution >= 4 is 29.7 Å². The Bertz CT molecular complexity index is 2030. The number of thioether (sulfide) groups is 1. The largest absolute Gasteiger partial charge is 0.445 e. The van der Waals surface area contributed by atoms with E-state index in [-0.39, 0.29) is 44.3 Å². The highest BCUT2D eigenvalue weighted by Crippen LogP contribution is 2.40. The third-order valence-electron chi connectivity index (χ3n) is 9.30. The molecule has 5 aromatic rings. The summed E-state index contributed by atoms with van der Waals surface area (Å²) < 4.78 is 18.5. The van der Waals surface area contributed by atoms with Gasteiger partial charge < -0.3 is 24.6 Å². The van der Waals surface area contributed by atoms with Crippen LogP contribution in [-0.2, 0) is 43.6 Å². The van der Waals surface area contributed by atoms with Crippen LogP contribution in [0.3, 0.4) is 0 Å². The Kier molecular flexibility index (Phi) is 11.6. The summed E-state index contributed by atoms with van der Waals surface area (Å²) in [7, 11) is 0. The van der Waals surface area contributed by atoms with Crippen molar-refractivity contribution < 1.29 is 33.7 Å². The van der Waals surface area contributed by atoms with Gasteiger partial charge in [-0.15, -0.1) is 11.8 Å². The highest BCUT2D eigenvalue weighted by molar-refractivity contribution is 7.99. The van der Waals surface area contributed by atoms with Crippen LogP contribution < -0.4 is 5.32 Å². The smallest absolute Gasteiger partial charge is 0.408 e. The van der Waals surface area contributed by atoms with Crippen LogP contribution in [0.4, 0.5) is 4.79 Å². The lowest BCUT2D eigenvalue weighted by Crippen LogP contribution is -2.41. The molecule has 0 aliphatic carbocycles. The number of rotatable bonds is 12. The van der Waals surface area contributed by atoms with E-state index >= 15 is 0 Å². The molecule has 2 fully saturated rings. The molecule has 2 saturated heterocycles. The Labute approximate surface area is 312 Å². The summed E-state index contributed by atoms with van der Waals surface area (Å²) in [6, 6.07) is 42.1. The maximum atomic E-state index is 13.2. The van der Waals surface area contributed by atoms with Gasteiger partial charge in [-0.2, -0.15) is 0 Å². The predicted octanol–water partition coefficient (Wildman–Crippen LogP) is 7.74. The molecular formula is C43H40N2O7S. The number of benzene rings is 5. The number of aliphatic hydroxyl groups excluding tert-OH is 1. The predicted molar refractivity (Wildman–Crippen MR) is 201 cm³/mol. The molecule has 0 aromatic heterocycles. The van der Waals surface area contributed by atoms with E-state index in [0.29, 0.717) is 6.42 Å². The molecule has 10 heteroatoms. The van der Waals surface area contributed by atoms with E-state index in [2.05, 4.69) is 23.5 Å². The van der Waals surface area contributed by atoms with E-state index in [4.69, 9.17) is 14.2 Å². The number of imide groups is 1. The van der Waals surface area contributed by atoms with Crippen molar-refractivity contribution in [3.8, 4) is 11.1 Å². The number of hydrogen-bond donors (Lipinski definition) is 2. The molecule has 4 atom stereocenters. The molecule has 0 bridgehead atoms. The number of likely N-dealkylation sites (tertiary alicyclic amines) is 1. The van der Waals surface area contributed by atoms with Gasteiger partial charge in [-0.3, -0.25) is 14.5 Å². The Morgan fingerprint density at radius 2 is 1.47 bits per heavy atom. The number of aliphatic hydroxyl groups is 1. The average Bonchev–Trinajstić information content (AvgIpc) is 3.47. The highest BCUT2D eigenvalue weighted by atomic mass is 32.2. The van der Waals surface area contributed by atoms with E-state index in [1.54, 1.807) is 11.8 Å². The third-order valence-corrected chi connectivity index (χ3v) is 10.4. The summed E-state index contributed by atoms with van der Waals surface area (Å²) in [4.78, 5) is 40.9. The lowest BCUT2D eigenvalue weighted by Gasteiger charge is -2.36. The lowest BCUT2D eigenvalue weighted by atomic mass is 9.99. The van der Waals surface area contributed by atoms with Crippen LogP contribution in [0, 0.1) is 0 Å². The summed E-state index contributed by atoms with van der Waals surface area (Å²) in [5, 5.41) is 12.1. The van der Waals surface area contributed by atoms with Crippen molar-refractivity contribution in [3.63, 3.8) is 0 Å². The Balaban J connectivity index is 1.03. The highest BCUT2D eigenvalue weighted by Gasteiger charge is 2.40. The van der Waals surface area contributed by atoms with Crippen LogP contribution in [0.2, 0.25) is 0 Å². The zero-order valence-corrected chi connectivity index (χ0v) is 29.8. The Morgan fingerprint density at radius 3 is 2.23 bits per heavy atom. The lowest BCUT2D eigenvalue weighted by molar-refractivity contribution is -0.245.